The summed E-state index contributed by atoms with van der Waals surface area (Å²) in [5.74, 6) is 0.723. The fourth-order valence-corrected chi connectivity index (χ4v) is 2.98. The van der Waals surface area contributed by atoms with E-state index in [1.165, 1.54) is 4.90 Å². The zero-order chi connectivity index (χ0) is 20.5. The van der Waals surface area contributed by atoms with E-state index in [1.807, 2.05) is 31.2 Å². The first-order valence-electron chi connectivity index (χ1n) is 9.00. The summed E-state index contributed by atoms with van der Waals surface area (Å²) in [7, 11) is 3.15. The summed E-state index contributed by atoms with van der Waals surface area (Å²) in [6, 6.07) is 13.6. The molecule has 0 saturated carbocycles. The normalized spacial score (nSPS) is 11.4. The fraction of sp³-hybridized carbons (Fsp3) is 0.333. The van der Waals surface area contributed by atoms with Gasteiger partial charge in [-0.15, -0.1) is 0 Å². The Balaban J connectivity index is 2.17. The Kier molecular flexibility index (Phi) is 8.14. The maximum absolute atomic E-state index is 12.9. The molecule has 0 aliphatic rings. The quantitative estimate of drug-likeness (QED) is 0.696. The summed E-state index contributed by atoms with van der Waals surface area (Å²) in [4.78, 5) is 26.8. The van der Waals surface area contributed by atoms with Crippen molar-refractivity contribution in [3.63, 3.8) is 0 Å². The highest BCUT2D eigenvalue weighted by molar-refractivity contribution is 6.30. The van der Waals surface area contributed by atoms with Crippen LogP contribution in [0.4, 0.5) is 0 Å². The Labute approximate surface area is 170 Å². The number of likely N-dealkylation sites (N-methyl/N-ethyl adjacent to an activating group) is 1. The van der Waals surface area contributed by atoms with Crippen LogP contribution in [0.25, 0.3) is 0 Å². The first-order valence-corrected chi connectivity index (χ1v) is 9.38. The van der Waals surface area contributed by atoms with Crippen molar-refractivity contribution in [1.82, 2.24) is 10.2 Å². The molecule has 0 spiro atoms. The number of methoxy groups -OCH3 is 1. The maximum atomic E-state index is 12.9. The molecule has 0 heterocycles. The third-order valence-electron chi connectivity index (χ3n) is 4.30. The number of ether oxygens (including phenoxy) is 2. The zero-order valence-corrected chi connectivity index (χ0v) is 17.0. The van der Waals surface area contributed by atoms with Crippen LogP contribution in [0.2, 0.25) is 5.02 Å². The molecule has 1 atom stereocenters. The molecule has 0 radical (unpaired) electrons. The van der Waals surface area contributed by atoms with E-state index < -0.39 is 6.04 Å². The number of nitrogens with one attached hydrogen (secondary N) is 1. The Hall–Kier alpha value is -2.73. The van der Waals surface area contributed by atoms with Crippen LogP contribution in [0.3, 0.4) is 0 Å². The van der Waals surface area contributed by atoms with Gasteiger partial charge in [-0.05, 0) is 42.3 Å². The third kappa shape index (κ3) is 5.89. The van der Waals surface area contributed by atoms with Gasteiger partial charge in [-0.25, -0.2) is 0 Å². The van der Waals surface area contributed by atoms with Gasteiger partial charge in [0, 0.05) is 18.6 Å². The molecule has 1 unspecified atom stereocenters. The Morgan fingerprint density at radius 3 is 2.43 bits per heavy atom. The molecule has 7 heteroatoms. The number of rotatable bonds is 9. The first kappa shape index (κ1) is 21.6. The van der Waals surface area contributed by atoms with E-state index >= 15 is 0 Å². The van der Waals surface area contributed by atoms with Gasteiger partial charge in [-0.3, -0.25) is 9.59 Å². The first-order chi connectivity index (χ1) is 13.5. The fourth-order valence-electron chi connectivity index (χ4n) is 2.80. The molecule has 6 nitrogen and oxygen atoms in total. The third-order valence-corrected chi connectivity index (χ3v) is 4.54. The molecule has 2 amide bonds. The summed E-state index contributed by atoms with van der Waals surface area (Å²) in [5.41, 5.74) is 0.888. The molecule has 0 saturated heterocycles. The van der Waals surface area contributed by atoms with Crippen molar-refractivity contribution in [3.8, 4) is 11.5 Å². The zero-order valence-electron chi connectivity index (χ0n) is 16.3. The highest BCUT2D eigenvalue weighted by Gasteiger charge is 2.28. The van der Waals surface area contributed by atoms with Crippen LogP contribution in [0.1, 0.15) is 18.9 Å². The molecule has 0 aliphatic carbocycles. The van der Waals surface area contributed by atoms with Crippen LogP contribution in [-0.4, -0.2) is 43.5 Å². The molecule has 2 rings (SSSR count). The summed E-state index contributed by atoms with van der Waals surface area (Å²) in [5, 5.41) is 3.15. The van der Waals surface area contributed by atoms with E-state index in [9.17, 15) is 9.59 Å². The number of carbonyl (C=O) groups is 2. The molecule has 150 valence electrons. The van der Waals surface area contributed by atoms with Crippen LogP contribution in [0, 0.1) is 0 Å². The number of nitrogens with zero attached hydrogens (tertiary/aromatic N) is 1. The lowest BCUT2D eigenvalue weighted by Gasteiger charge is -2.30. The van der Waals surface area contributed by atoms with Crippen molar-refractivity contribution in [3.05, 3.63) is 59.1 Å². The van der Waals surface area contributed by atoms with Crippen LogP contribution in [-0.2, 0) is 16.1 Å². The van der Waals surface area contributed by atoms with E-state index in [-0.39, 0.29) is 25.0 Å². The van der Waals surface area contributed by atoms with E-state index in [1.54, 1.807) is 38.4 Å². The summed E-state index contributed by atoms with van der Waals surface area (Å²) in [6.07, 6.45) is 0.485. The standard InChI is InChI=1S/C21H25ClN2O4/c1-4-19(21(26)23-2)24(13-15-8-10-17(27-3)11-9-15)20(25)14-28-18-7-5-6-16(22)12-18/h5-12,19H,4,13-14H2,1-3H3,(H,23,26). The van der Waals surface area contributed by atoms with Gasteiger partial charge in [0.2, 0.25) is 5.91 Å². The second-order valence-corrected chi connectivity index (χ2v) is 6.59. The highest BCUT2D eigenvalue weighted by atomic mass is 35.5. The SMILES string of the molecule is CCC(C(=O)NC)N(Cc1ccc(OC)cc1)C(=O)COc1cccc(Cl)c1. The van der Waals surface area contributed by atoms with Gasteiger partial charge < -0.3 is 19.7 Å². The van der Waals surface area contributed by atoms with Crippen molar-refractivity contribution in [2.24, 2.45) is 0 Å². The average molecular weight is 405 g/mol. The molecule has 0 aliphatic heterocycles. The van der Waals surface area contributed by atoms with Gasteiger partial charge in [0.1, 0.15) is 17.5 Å². The van der Waals surface area contributed by atoms with Crippen LogP contribution in [0.5, 0.6) is 11.5 Å². The van der Waals surface area contributed by atoms with Crippen molar-refractivity contribution in [1.29, 1.82) is 0 Å². The predicted molar refractivity (Wildman–Crippen MR) is 109 cm³/mol. The second kappa shape index (κ2) is 10.6. The van der Waals surface area contributed by atoms with Gasteiger partial charge in [0.25, 0.3) is 5.91 Å². The molecule has 0 fully saturated rings. The van der Waals surface area contributed by atoms with Crippen molar-refractivity contribution < 1.29 is 19.1 Å². The van der Waals surface area contributed by atoms with Crippen molar-refractivity contribution in [2.75, 3.05) is 20.8 Å². The molecule has 2 aromatic rings. The van der Waals surface area contributed by atoms with Gasteiger partial charge >= 0.3 is 0 Å². The molecule has 1 N–H and O–H groups in total. The van der Waals surface area contributed by atoms with Gasteiger partial charge in [-0.2, -0.15) is 0 Å². The molecular formula is C21H25ClN2O4. The number of hydrogen-bond acceptors (Lipinski definition) is 4. The molecular weight excluding hydrogens is 380 g/mol. The molecule has 28 heavy (non-hydrogen) atoms. The average Bonchev–Trinajstić information content (AvgIpc) is 2.72. The number of carbonyl (C=O) groups excluding carboxylic acids is 2. The Morgan fingerprint density at radius 2 is 1.86 bits per heavy atom. The van der Waals surface area contributed by atoms with Crippen LogP contribution < -0.4 is 14.8 Å². The minimum absolute atomic E-state index is 0.190. The smallest absolute Gasteiger partial charge is 0.261 e. The lowest BCUT2D eigenvalue weighted by molar-refractivity contribution is -0.142. The lowest BCUT2D eigenvalue weighted by atomic mass is 10.1. The monoisotopic (exact) mass is 404 g/mol. The Morgan fingerprint density at radius 1 is 1.14 bits per heavy atom. The van der Waals surface area contributed by atoms with Gasteiger partial charge in [0.15, 0.2) is 6.61 Å². The summed E-state index contributed by atoms with van der Waals surface area (Å²) in [6.45, 7) is 1.96. The summed E-state index contributed by atoms with van der Waals surface area (Å²) >= 11 is 5.95. The van der Waals surface area contributed by atoms with Gasteiger partial charge in [-0.1, -0.05) is 36.7 Å². The van der Waals surface area contributed by atoms with E-state index in [0.29, 0.717) is 17.2 Å². The highest BCUT2D eigenvalue weighted by Crippen LogP contribution is 2.19. The topological polar surface area (TPSA) is 67.9 Å². The van der Waals surface area contributed by atoms with Crippen LogP contribution >= 0.6 is 11.6 Å². The van der Waals surface area contributed by atoms with E-state index in [2.05, 4.69) is 5.32 Å². The van der Waals surface area contributed by atoms with E-state index in [0.717, 1.165) is 11.3 Å². The second-order valence-electron chi connectivity index (χ2n) is 6.15. The number of amides is 2. The molecule has 0 aromatic heterocycles. The number of halogens is 1. The summed E-state index contributed by atoms with van der Waals surface area (Å²) < 4.78 is 10.8. The molecule has 0 bridgehead atoms. The lowest BCUT2D eigenvalue weighted by Crippen LogP contribution is -2.49. The van der Waals surface area contributed by atoms with Crippen LogP contribution in [0.15, 0.2) is 48.5 Å². The minimum atomic E-state index is -0.595. The number of benzene rings is 2. The number of hydrogen-bond donors (Lipinski definition) is 1. The minimum Gasteiger partial charge on any atom is -0.497 e. The van der Waals surface area contributed by atoms with Gasteiger partial charge in [0.05, 0.1) is 7.11 Å². The van der Waals surface area contributed by atoms with Crippen molar-refractivity contribution in [2.45, 2.75) is 25.9 Å². The van der Waals surface area contributed by atoms with E-state index in [4.69, 9.17) is 21.1 Å². The Bertz CT molecular complexity index is 795. The van der Waals surface area contributed by atoms with Crippen molar-refractivity contribution >= 4 is 23.4 Å². The molecule has 2 aromatic carbocycles. The maximum Gasteiger partial charge on any atom is 0.261 e. The predicted octanol–water partition coefficient (Wildman–Crippen LogP) is 3.28. The largest absolute Gasteiger partial charge is 0.497 e.